The third-order valence-corrected chi connectivity index (χ3v) is 8.20. The lowest BCUT2D eigenvalue weighted by Gasteiger charge is -2.24. The highest BCUT2D eigenvalue weighted by Crippen LogP contribution is 2.45. The Labute approximate surface area is 222 Å². The second-order valence-corrected chi connectivity index (χ2v) is 11.1. The number of amides is 1. The summed E-state index contributed by atoms with van der Waals surface area (Å²) in [5.74, 6) is -1.11. The number of hydrogen-bond donors (Lipinski definition) is 1. The summed E-state index contributed by atoms with van der Waals surface area (Å²) in [5, 5.41) is 12.3. The van der Waals surface area contributed by atoms with Gasteiger partial charge in [-0.25, -0.2) is 9.97 Å². The molecule has 2 aromatic carbocycles. The van der Waals surface area contributed by atoms with Gasteiger partial charge in [-0.05, 0) is 62.6 Å². The summed E-state index contributed by atoms with van der Waals surface area (Å²) >= 11 is 2.60. The number of carbonyl (C=O) groups is 2. The van der Waals surface area contributed by atoms with E-state index in [-0.39, 0.29) is 5.57 Å². The first-order chi connectivity index (χ1) is 17.7. The van der Waals surface area contributed by atoms with Gasteiger partial charge in [-0.2, -0.15) is 0 Å². The van der Waals surface area contributed by atoms with Crippen LogP contribution in [0.3, 0.4) is 0 Å². The Kier molecular flexibility index (Phi) is 6.43. The summed E-state index contributed by atoms with van der Waals surface area (Å²) < 4.78 is 6.65. The van der Waals surface area contributed by atoms with E-state index in [0.29, 0.717) is 33.6 Å². The number of aliphatic hydroxyl groups excluding tert-OH is 1. The molecule has 1 unspecified atom stereocenters. The number of ether oxygens (including phenoxy) is 1. The average Bonchev–Trinajstić information content (AvgIpc) is 3.51. The van der Waals surface area contributed by atoms with Crippen molar-refractivity contribution in [2.75, 3.05) is 11.5 Å². The molecule has 9 heteroatoms. The van der Waals surface area contributed by atoms with Gasteiger partial charge < -0.3 is 9.84 Å². The van der Waals surface area contributed by atoms with Crippen LogP contribution >= 0.6 is 22.7 Å². The zero-order valence-electron chi connectivity index (χ0n) is 20.9. The van der Waals surface area contributed by atoms with Gasteiger partial charge in [0.25, 0.3) is 5.91 Å². The number of anilines is 1. The van der Waals surface area contributed by atoms with Gasteiger partial charge in [-0.3, -0.25) is 14.5 Å². The monoisotopic (exact) mass is 531 g/mol. The number of aromatic nitrogens is 2. The molecule has 7 nitrogen and oxygen atoms in total. The summed E-state index contributed by atoms with van der Waals surface area (Å²) in [4.78, 5) is 38.4. The molecule has 2 aromatic heterocycles. The lowest BCUT2D eigenvalue weighted by molar-refractivity contribution is -0.117. The van der Waals surface area contributed by atoms with E-state index in [9.17, 15) is 14.7 Å². The lowest BCUT2D eigenvalue weighted by Crippen LogP contribution is -2.31. The van der Waals surface area contributed by atoms with E-state index in [2.05, 4.69) is 11.6 Å². The van der Waals surface area contributed by atoms with Gasteiger partial charge in [0.1, 0.15) is 12.4 Å². The minimum absolute atomic E-state index is 0.00443. The van der Waals surface area contributed by atoms with Crippen molar-refractivity contribution in [2.24, 2.45) is 0 Å². The summed E-state index contributed by atoms with van der Waals surface area (Å²) in [7, 11) is 0. The Morgan fingerprint density at radius 1 is 1.16 bits per heavy atom. The smallest absolute Gasteiger partial charge is 0.296 e. The zero-order chi connectivity index (χ0) is 26.4. The number of thiazole rings is 2. The molecule has 0 aliphatic carbocycles. The number of carbonyl (C=O) groups excluding carboxylic acids is 2. The van der Waals surface area contributed by atoms with Crippen LogP contribution in [-0.2, 0) is 4.79 Å². The van der Waals surface area contributed by atoms with Crippen molar-refractivity contribution in [2.45, 2.75) is 33.7 Å². The van der Waals surface area contributed by atoms with Gasteiger partial charge in [0, 0.05) is 0 Å². The number of rotatable bonds is 7. The van der Waals surface area contributed by atoms with Gasteiger partial charge in [-0.1, -0.05) is 42.2 Å². The minimum atomic E-state index is -0.893. The predicted molar refractivity (Wildman–Crippen MR) is 147 cm³/mol. The SMILES string of the molecule is C=CCOc1cccc(C2C(C(=O)c3sc(C)nc3C)=C(O)C(=O)N2c2nc3c(C)cc(C)cc3s2)c1. The molecule has 0 fully saturated rings. The van der Waals surface area contributed by atoms with E-state index in [1.807, 2.05) is 39.0 Å². The van der Waals surface area contributed by atoms with Crippen molar-refractivity contribution in [3.05, 3.63) is 92.7 Å². The molecule has 0 spiro atoms. The normalized spacial score (nSPS) is 15.6. The molecule has 1 amide bonds. The number of fused-ring (bicyclic) bond motifs is 1. The van der Waals surface area contributed by atoms with E-state index in [0.717, 1.165) is 26.4 Å². The second-order valence-electron chi connectivity index (χ2n) is 8.91. The largest absolute Gasteiger partial charge is 0.503 e. The van der Waals surface area contributed by atoms with E-state index < -0.39 is 23.5 Å². The predicted octanol–water partition coefficient (Wildman–Crippen LogP) is 6.33. The minimum Gasteiger partial charge on any atom is -0.503 e. The second kappa shape index (κ2) is 9.57. The molecule has 1 N–H and O–H groups in total. The molecule has 1 aliphatic heterocycles. The third-order valence-electron chi connectivity index (χ3n) is 6.13. The summed E-state index contributed by atoms with van der Waals surface area (Å²) in [5.41, 5.74) is 4.05. The highest BCUT2D eigenvalue weighted by molar-refractivity contribution is 7.22. The molecule has 1 atom stereocenters. The van der Waals surface area contributed by atoms with Crippen LogP contribution in [0.25, 0.3) is 10.2 Å². The maximum atomic E-state index is 13.8. The fourth-order valence-electron chi connectivity index (χ4n) is 4.61. The fourth-order valence-corrected chi connectivity index (χ4v) is 6.65. The Morgan fingerprint density at radius 3 is 2.65 bits per heavy atom. The lowest BCUT2D eigenvalue weighted by atomic mass is 9.95. The first-order valence-corrected chi connectivity index (χ1v) is 13.3. The number of aliphatic hydroxyl groups is 1. The number of hydrogen-bond acceptors (Lipinski definition) is 8. The van der Waals surface area contributed by atoms with Gasteiger partial charge in [0.15, 0.2) is 10.9 Å². The van der Waals surface area contributed by atoms with Crippen molar-refractivity contribution in [1.29, 1.82) is 0 Å². The van der Waals surface area contributed by atoms with Crippen LogP contribution < -0.4 is 9.64 Å². The van der Waals surface area contributed by atoms with Crippen molar-refractivity contribution >= 4 is 49.7 Å². The van der Waals surface area contributed by atoms with Gasteiger partial charge in [-0.15, -0.1) is 11.3 Å². The summed E-state index contributed by atoms with van der Waals surface area (Å²) in [6, 6.07) is 10.3. The molecule has 0 radical (unpaired) electrons. The number of benzene rings is 2. The van der Waals surface area contributed by atoms with Crippen molar-refractivity contribution in [3.63, 3.8) is 0 Å². The molecule has 4 aromatic rings. The molecule has 188 valence electrons. The third kappa shape index (κ3) is 4.34. The number of ketones is 1. The zero-order valence-corrected chi connectivity index (χ0v) is 22.5. The molecular weight excluding hydrogens is 506 g/mol. The van der Waals surface area contributed by atoms with Crippen molar-refractivity contribution in [3.8, 4) is 5.75 Å². The highest BCUT2D eigenvalue weighted by Gasteiger charge is 2.46. The molecular formula is C28H25N3O4S2. The maximum Gasteiger partial charge on any atom is 0.296 e. The van der Waals surface area contributed by atoms with Gasteiger partial charge >= 0.3 is 0 Å². The topological polar surface area (TPSA) is 92.6 Å². The molecule has 5 rings (SSSR count). The summed E-state index contributed by atoms with van der Waals surface area (Å²) in [6.45, 7) is 11.5. The van der Waals surface area contributed by atoms with E-state index in [1.165, 1.54) is 27.6 Å². The van der Waals surface area contributed by atoms with Crippen LogP contribution in [0.5, 0.6) is 5.75 Å². The molecule has 37 heavy (non-hydrogen) atoms. The highest BCUT2D eigenvalue weighted by atomic mass is 32.1. The Hall–Kier alpha value is -3.82. The molecule has 0 saturated heterocycles. The Balaban J connectivity index is 1.69. The van der Waals surface area contributed by atoms with E-state index in [4.69, 9.17) is 9.72 Å². The number of aryl methyl sites for hydroxylation is 4. The Morgan fingerprint density at radius 2 is 1.95 bits per heavy atom. The van der Waals surface area contributed by atoms with Gasteiger partial charge in [0.2, 0.25) is 5.78 Å². The van der Waals surface area contributed by atoms with Crippen LogP contribution in [0.4, 0.5) is 5.13 Å². The molecule has 1 aliphatic rings. The first-order valence-electron chi connectivity index (χ1n) is 11.7. The quantitative estimate of drug-likeness (QED) is 0.221. The standard InChI is InChI=1S/C28H25N3O4S2/c1-6-10-35-19-9-7-8-18(13-19)23-21(24(32)26-16(4)29-17(5)36-26)25(33)27(34)31(23)28-30-22-15(3)11-14(2)12-20(22)37-28/h6-9,11-13,23,33H,1,10H2,2-5H3. The van der Waals surface area contributed by atoms with Crippen LogP contribution in [0.2, 0.25) is 0 Å². The van der Waals surface area contributed by atoms with Crippen molar-refractivity contribution in [1.82, 2.24) is 9.97 Å². The maximum absolute atomic E-state index is 13.8. The summed E-state index contributed by atoms with van der Waals surface area (Å²) in [6.07, 6.45) is 1.64. The van der Waals surface area contributed by atoms with Crippen LogP contribution in [-0.4, -0.2) is 33.4 Å². The first kappa shape index (κ1) is 24.9. The number of nitrogens with zero attached hydrogens (tertiary/aromatic N) is 3. The van der Waals surface area contributed by atoms with Crippen LogP contribution in [0.15, 0.2) is 60.4 Å². The average molecular weight is 532 g/mol. The van der Waals surface area contributed by atoms with Gasteiger partial charge in [0.05, 0.1) is 37.4 Å². The fraction of sp³-hybridized carbons (Fsp3) is 0.214. The molecule has 0 bridgehead atoms. The van der Waals surface area contributed by atoms with Crippen LogP contribution in [0, 0.1) is 27.7 Å². The van der Waals surface area contributed by atoms with Crippen molar-refractivity contribution < 1.29 is 19.4 Å². The van der Waals surface area contributed by atoms with Crippen LogP contribution in [0.1, 0.15) is 43.1 Å². The molecule has 3 heterocycles. The molecule has 0 saturated carbocycles. The number of Topliss-reactive ketones (excluding diaryl/α,β-unsaturated/α-hetero) is 1. The van der Waals surface area contributed by atoms with E-state index >= 15 is 0 Å². The van der Waals surface area contributed by atoms with E-state index in [1.54, 1.807) is 31.2 Å². The Bertz CT molecular complexity index is 1610.